The number of aromatic nitrogens is 1. The van der Waals surface area contributed by atoms with E-state index in [4.69, 9.17) is 16.3 Å². The van der Waals surface area contributed by atoms with Gasteiger partial charge in [0.05, 0.1) is 12.8 Å². The van der Waals surface area contributed by atoms with Crippen molar-refractivity contribution in [1.29, 1.82) is 0 Å². The Kier molecular flexibility index (Phi) is 6.25. The number of amides is 1. The fraction of sp³-hybridized carbons (Fsp3) is 0.348. The highest BCUT2D eigenvalue weighted by atomic mass is 35.5. The number of nitrogens with zero attached hydrogens (tertiary/aromatic N) is 1. The molecule has 3 aromatic rings. The van der Waals surface area contributed by atoms with Crippen LogP contribution in [-0.4, -0.2) is 42.5 Å². The van der Waals surface area contributed by atoms with Crippen molar-refractivity contribution < 1.29 is 13.9 Å². The Hall–Kier alpha value is -2.57. The summed E-state index contributed by atoms with van der Waals surface area (Å²) in [7, 11) is 1.68. The van der Waals surface area contributed by atoms with E-state index < -0.39 is 5.82 Å². The Morgan fingerprint density at radius 2 is 2.07 bits per heavy atom. The van der Waals surface area contributed by atoms with Gasteiger partial charge in [-0.3, -0.25) is 4.79 Å². The SMILES string of the molecule is COc1ccc2[nH]cc(C3CCN(CCC(=O)Nc4ccc(Cl)cc4F)CC3)c2c1. The molecule has 0 radical (unpaired) electrons. The van der Waals surface area contributed by atoms with Crippen molar-refractivity contribution in [3.05, 3.63) is 59.0 Å². The summed E-state index contributed by atoms with van der Waals surface area (Å²) in [5, 5.41) is 4.15. The number of hydrogen-bond donors (Lipinski definition) is 2. The van der Waals surface area contributed by atoms with Gasteiger partial charge in [-0.05, 0) is 73.8 Å². The van der Waals surface area contributed by atoms with Gasteiger partial charge in [-0.2, -0.15) is 0 Å². The van der Waals surface area contributed by atoms with Gasteiger partial charge in [-0.15, -0.1) is 0 Å². The Bertz CT molecular complexity index is 1040. The van der Waals surface area contributed by atoms with Gasteiger partial charge in [0.2, 0.25) is 5.91 Å². The van der Waals surface area contributed by atoms with Gasteiger partial charge in [0.25, 0.3) is 0 Å². The smallest absolute Gasteiger partial charge is 0.225 e. The molecule has 0 aliphatic carbocycles. The first-order valence-corrected chi connectivity index (χ1v) is 10.5. The van der Waals surface area contributed by atoms with Crippen LogP contribution in [0.25, 0.3) is 10.9 Å². The molecule has 0 bridgehead atoms. The van der Waals surface area contributed by atoms with E-state index in [9.17, 15) is 9.18 Å². The number of nitrogens with one attached hydrogen (secondary N) is 2. The summed E-state index contributed by atoms with van der Waals surface area (Å²) in [6, 6.07) is 10.3. The Morgan fingerprint density at radius 3 is 2.80 bits per heavy atom. The van der Waals surface area contributed by atoms with E-state index in [0.29, 0.717) is 23.9 Å². The normalized spacial score (nSPS) is 15.4. The van der Waals surface area contributed by atoms with Gasteiger partial charge in [0, 0.05) is 35.1 Å². The number of ether oxygens (including phenoxy) is 1. The predicted molar refractivity (Wildman–Crippen MR) is 118 cm³/mol. The highest BCUT2D eigenvalue weighted by molar-refractivity contribution is 6.30. The topological polar surface area (TPSA) is 57.4 Å². The molecular weight excluding hydrogens is 405 g/mol. The number of aromatic amines is 1. The van der Waals surface area contributed by atoms with Gasteiger partial charge in [0.15, 0.2) is 0 Å². The largest absolute Gasteiger partial charge is 0.497 e. The number of carbonyl (C=O) groups excluding carboxylic acids is 1. The van der Waals surface area contributed by atoms with E-state index >= 15 is 0 Å². The number of halogens is 2. The lowest BCUT2D eigenvalue weighted by Crippen LogP contribution is -2.35. The molecule has 1 aromatic heterocycles. The minimum atomic E-state index is -0.521. The number of methoxy groups -OCH3 is 1. The van der Waals surface area contributed by atoms with Gasteiger partial charge < -0.3 is 19.9 Å². The van der Waals surface area contributed by atoms with Crippen LogP contribution in [0.2, 0.25) is 5.02 Å². The van der Waals surface area contributed by atoms with Gasteiger partial charge >= 0.3 is 0 Å². The lowest BCUT2D eigenvalue weighted by atomic mass is 9.89. The van der Waals surface area contributed by atoms with E-state index in [1.54, 1.807) is 13.2 Å². The number of H-pyrrole nitrogens is 1. The maximum absolute atomic E-state index is 13.8. The summed E-state index contributed by atoms with van der Waals surface area (Å²) in [6.07, 6.45) is 4.52. The number of carbonyl (C=O) groups is 1. The zero-order chi connectivity index (χ0) is 21.1. The second kappa shape index (κ2) is 9.06. The average Bonchev–Trinajstić information content (AvgIpc) is 3.18. The lowest BCUT2D eigenvalue weighted by molar-refractivity contribution is -0.116. The van der Waals surface area contributed by atoms with Crippen LogP contribution in [0.5, 0.6) is 5.75 Å². The molecule has 0 spiro atoms. The maximum atomic E-state index is 13.8. The Balaban J connectivity index is 1.29. The van der Waals surface area contributed by atoms with Crippen LogP contribution in [-0.2, 0) is 4.79 Å². The monoisotopic (exact) mass is 429 g/mol. The third-order valence-corrected chi connectivity index (χ3v) is 6.04. The molecule has 30 heavy (non-hydrogen) atoms. The van der Waals surface area contributed by atoms with Gasteiger partial charge in [0.1, 0.15) is 11.6 Å². The summed E-state index contributed by atoms with van der Waals surface area (Å²) < 4.78 is 19.2. The molecule has 0 atom stereocenters. The minimum Gasteiger partial charge on any atom is -0.497 e. The van der Waals surface area contributed by atoms with E-state index in [1.807, 2.05) is 6.07 Å². The van der Waals surface area contributed by atoms with Crippen molar-refractivity contribution in [2.75, 3.05) is 32.1 Å². The number of rotatable bonds is 6. The zero-order valence-corrected chi connectivity index (χ0v) is 17.6. The quantitative estimate of drug-likeness (QED) is 0.567. The maximum Gasteiger partial charge on any atom is 0.225 e. The van der Waals surface area contributed by atoms with E-state index in [-0.39, 0.29) is 11.6 Å². The van der Waals surface area contributed by atoms with Crippen molar-refractivity contribution in [2.24, 2.45) is 0 Å². The fourth-order valence-electron chi connectivity index (χ4n) is 4.12. The van der Waals surface area contributed by atoms with Crippen LogP contribution in [0.4, 0.5) is 10.1 Å². The number of piperidine rings is 1. The van der Waals surface area contributed by atoms with E-state index in [1.165, 1.54) is 23.1 Å². The summed E-state index contributed by atoms with van der Waals surface area (Å²) in [5.41, 5.74) is 2.62. The Morgan fingerprint density at radius 1 is 1.27 bits per heavy atom. The highest BCUT2D eigenvalue weighted by Gasteiger charge is 2.23. The number of benzene rings is 2. The van der Waals surface area contributed by atoms with Gasteiger partial charge in [-0.25, -0.2) is 4.39 Å². The van der Waals surface area contributed by atoms with Crippen molar-refractivity contribution in [2.45, 2.75) is 25.2 Å². The standard InChI is InChI=1S/C23H25ClFN3O2/c1-30-17-3-5-21-18(13-17)19(14-26-21)15-6-9-28(10-7-15)11-8-23(29)27-22-4-2-16(24)12-20(22)25/h2-5,12-15,26H,6-11H2,1H3,(H,27,29). The van der Waals surface area contributed by atoms with Gasteiger partial charge in [-0.1, -0.05) is 11.6 Å². The second-order valence-corrected chi connectivity index (χ2v) is 8.13. The molecule has 1 amide bonds. The average molecular weight is 430 g/mol. The number of hydrogen-bond acceptors (Lipinski definition) is 3. The first kappa shape index (κ1) is 20.7. The first-order valence-electron chi connectivity index (χ1n) is 10.2. The molecule has 1 saturated heterocycles. The van der Waals surface area contributed by atoms with Crippen LogP contribution in [0, 0.1) is 5.82 Å². The second-order valence-electron chi connectivity index (χ2n) is 7.69. The molecule has 1 fully saturated rings. The lowest BCUT2D eigenvalue weighted by Gasteiger charge is -2.31. The molecule has 7 heteroatoms. The Labute approximate surface area is 180 Å². The number of likely N-dealkylation sites (tertiary alicyclic amines) is 1. The molecular formula is C23H25ClFN3O2. The summed E-state index contributed by atoms with van der Waals surface area (Å²) in [4.78, 5) is 17.9. The molecule has 2 aromatic carbocycles. The van der Waals surface area contributed by atoms with E-state index in [2.05, 4.69) is 33.5 Å². The summed E-state index contributed by atoms with van der Waals surface area (Å²) >= 11 is 5.74. The van der Waals surface area contributed by atoms with Crippen molar-refractivity contribution in [1.82, 2.24) is 9.88 Å². The third kappa shape index (κ3) is 4.60. The molecule has 1 aliphatic rings. The molecule has 2 N–H and O–H groups in total. The summed E-state index contributed by atoms with van der Waals surface area (Å²) in [6.45, 7) is 2.53. The molecule has 0 saturated carbocycles. The van der Waals surface area contributed by atoms with Crippen LogP contribution < -0.4 is 10.1 Å². The van der Waals surface area contributed by atoms with Crippen LogP contribution in [0.1, 0.15) is 30.7 Å². The zero-order valence-electron chi connectivity index (χ0n) is 16.9. The van der Waals surface area contributed by atoms with E-state index in [0.717, 1.165) is 37.2 Å². The predicted octanol–water partition coefficient (Wildman–Crippen LogP) is 5.18. The fourth-order valence-corrected chi connectivity index (χ4v) is 4.28. The molecule has 158 valence electrons. The van der Waals surface area contributed by atoms with Crippen LogP contribution >= 0.6 is 11.6 Å². The third-order valence-electron chi connectivity index (χ3n) is 5.81. The molecule has 2 heterocycles. The molecule has 5 nitrogen and oxygen atoms in total. The van der Waals surface area contributed by atoms with Crippen LogP contribution in [0.15, 0.2) is 42.6 Å². The molecule has 1 aliphatic heterocycles. The number of fused-ring (bicyclic) bond motifs is 1. The summed E-state index contributed by atoms with van der Waals surface area (Å²) in [5.74, 6) is 0.636. The number of anilines is 1. The van der Waals surface area contributed by atoms with Crippen molar-refractivity contribution in [3.63, 3.8) is 0 Å². The molecule has 4 rings (SSSR count). The molecule has 0 unspecified atom stereocenters. The highest BCUT2D eigenvalue weighted by Crippen LogP contribution is 2.34. The van der Waals surface area contributed by atoms with Crippen molar-refractivity contribution >= 4 is 34.1 Å². The first-order chi connectivity index (χ1) is 14.5. The van der Waals surface area contributed by atoms with Crippen LogP contribution in [0.3, 0.4) is 0 Å². The minimum absolute atomic E-state index is 0.165. The van der Waals surface area contributed by atoms with Crippen molar-refractivity contribution in [3.8, 4) is 5.75 Å².